The minimum Gasteiger partial charge on any atom is -0.326 e. The molecule has 0 saturated heterocycles. The summed E-state index contributed by atoms with van der Waals surface area (Å²) < 4.78 is 0.900. The van der Waals surface area contributed by atoms with Crippen molar-refractivity contribution in [3.63, 3.8) is 0 Å². The van der Waals surface area contributed by atoms with Crippen LogP contribution in [0, 0.1) is 13.8 Å². The molecule has 0 aliphatic heterocycles. The molecule has 0 fully saturated rings. The fourth-order valence-electron chi connectivity index (χ4n) is 2.31. The first-order valence-electron chi connectivity index (χ1n) is 7.49. The van der Waals surface area contributed by atoms with Gasteiger partial charge in [0.15, 0.2) is 5.13 Å². The standard InChI is InChI=1S/C18H17N3O2S/c1-10-4-5-13(8-11(10)2)17(23)21-18-20-15-7-6-14(19-12(3)22)9-16(15)24-18/h4-9H,1-3H3,(H,19,22)(H,20,21,23). The number of benzene rings is 2. The summed E-state index contributed by atoms with van der Waals surface area (Å²) >= 11 is 1.37. The van der Waals surface area contributed by atoms with Crippen molar-refractivity contribution in [1.29, 1.82) is 0 Å². The minimum absolute atomic E-state index is 0.123. The zero-order valence-corrected chi connectivity index (χ0v) is 14.5. The molecule has 0 unspecified atom stereocenters. The lowest BCUT2D eigenvalue weighted by Gasteiger charge is -2.04. The van der Waals surface area contributed by atoms with Crippen molar-refractivity contribution < 1.29 is 9.59 Å². The molecule has 0 aliphatic rings. The van der Waals surface area contributed by atoms with Crippen molar-refractivity contribution in [3.8, 4) is 0 Å². The van der Waals surface area contributed by atoms with Crippen LogP contribution in [-0.4, -0.2) is 16.8 Å². The van der Waals surface area contributed by atoms with Gasteiger partial charge >= 0.3 is 0 Å². The van der Waals surface area contributed by atoms with E-state index >= 15 is 0 Å². The van der Waals surface area contributed by atoms with Crippen molar-refractivity contribution in [2.75, 3.05) is 10.6 Å². The number of thiazole rings is 1. The van der Waals surface area contributed by atoms with Gasteiger partial charge in [0, 0.05) is 18.2 Å². The third kappa shape index (κ3) is 3.44. The summed E-state index contributed by atoms with van der Waals surface area (Å²) in [6.07, 6.45) is 0. The van der Waals surface area contributed by atoms with Crippen LogP contribution >= 0.6 is 11.3 Å². The molecular weight excluding hydrogens is 322 g/mol. The molecule has 2 N–H and O–H groups in total. The molecule has 122 valence electrons. The second kappa shape index (κ2) is 6.41. The number of amides is 2. The van der Waals surface area contributed by atoms with Crippen LogP contribution in [-0.2, 0) is 4.79 Å². The molecule has 6 heteroatoms. The van der Waals surface area contributed by atoms with E-state index < -0.39 is 0 Å². The van der Waals surface area contributed by atoms with Gasteiger partial charge in [-0.15, -0.1) is 0 Å². The van der Waals surface area contributed by atoms with Crippen LogP contribution in [0.4, 0.5) is 10.8 Å². The first kappa shape index (κ1) is 16.1. The fraction of sp³-hybridized carbons (Fsp3) is 0.167. The summed E-state index contributed by atoms with van der Waals surface area (Å²) in [6.45, 7) is 5.46. The van der Waals surface area contributed by atoms with Gasteiger partial charge in [0.2, 0.25) is 5.91 Å². The Labute approximate surface area is 143 Å². The number of nitrogens with one attached hydrogen (secondary N) is 2. The predicted octanol–water partition coefficient (Wildman–Crippen LogP) is 4.12. The highest BCUT2D eigenvalue weighted by Gasteiger charge is 2.11. The molecular formula is C18H17N3O2S. The van der Waals surface area contributed by atoms with E-state index in [0.29, 0.717) is 16.4 Å². The van der Waals surface area contributed by atoms with Gasteiger partial charge in [0.25, 0.3) is 5.91 Å². The fourth-order valence-corrected chi connectivity index (χ4v) is 3.21. The summed E-state index contributed by atoms with van der Waals surface area (Å²) in [4.78, 5) is 27.9. The molecule has 0 radical (unpaired) electrons. The van der Waals surface area contributed by atoms with Gasteiger partial charge in [-0.05, 0) is 55.3 Å². The highest BCUT2D eigenvalue weighted by atomic mass is 32.1. The average Bonchev–Trinajstić information content (AvgIpc) is 2.90. The second-order valence-corrected chi connectivity index (χ2v) is 6.67. The molecule has 2 aromatic carbocycles. The van der Waals surface area contributed by atoms with Crippen LogP contribution in [0.1, 0.15) is 28.4 Å². The third-order valence-corrected chi connectivity index (χ3v) is 4.63. The maximum absolute atomic E-state index is 12.4. The van der Waals surface area contributed by atoms with E-state index in [9.17, 15) is 9.59 Å². The summed E-state index contributed by atoms with van der Waals surface area (Å²) in [6, 6.07) is 11.1. The second-order valence-electron chi connectivity index (χ2n) is 5.64. The van der Waals surface area contributed by atoms with Gasteiger partial charge in [-0.2, -0.15) is 0 Å². The van der Waals surface area contributed by atoms with E-state index in [-0.39, 0.29) is 11.8 Å². The summed E-state index contributed by atoms with van der Waals surface area (Å²) in [5, 5.41) is 6.11. The Kier molecular flexibility index (Phi) is 4.31. The average molecular weight is 339 g/mol. The third-order valence-electron chi connectivity index (χ3n) is 3.70. The van der Waals surface area contributed by atoms with E-state index in [1.165, 1.54) is 18.3 Å². The van der Waals surface area contributed by atoms with Crippen LogP contribution in [0.15, 0.2) is 36.4 Å². The Balaban J connectivity index is 1.82. The number of aryl methyl sites for hydroxylation is 2. The SMILES string of the molecule is CC(=O)Nc1ccc2nc(NC(=O)c3ccc(C)c(C)c3)sc2c1. The Hall–Kier alpha value is -2.73. The Morgan fingerprint density at radius 3 is 2.50 bits per heavy atom. The smallest absolute Gasteiger partial charge is 0.257 e. The molecule has 5 nitrogen and oxygen atoms in total. The zero-order valence-electron chi connectivity index (χ0n) is 13.6. The molecule has 1 aromatic heterocycles. The van der Waals surface area contributed by atoms with E-state index in [0.717, 1.165) is 21.3 Å². The Morgan fingerprint density at radius 2 is 1.79 bits per heavy atom. The largest absolute Gasteiger partial charge is 0.326 e. The first-order chi connectivity index (χ1) is 11.4. The van der Waals surface area contributed by atoms with Crippen molar-refractivity contribution in [3.05, 3.63) is 53.1 Å². The maximum atomic E-state index is 12.4. The lowest BCUT2D eigenvalue weighted by Crippen LogP contribution is -2.11. The van der Waals surface area contributed by atoms with Gasteiger partial charge in [0.1, 0.15) is 0 Å². The minimum atomic E-state index is -0.181. The van der Waals surface area contributed by atoms with Crippen molar-refractivity contribution in [2.24, 2.45) is 0 Å². The number of aromatic nitrogens is 1. The van der Waals surface area contributed by atoms with Crippen LogP contribution < -0.4 is 10.6 Å². The van der Waals surface area contributed by atoms with Crippen LogP contribution in [0.25, 0.3) is 10.2 Å². The number of hydrogen-bond acceptors (Lipinski definition) is 4. The number of nitrogens with zero attached hydrogens (tertiary/aromatic N) is 1. The lowest BCUT2D eigenvalue weighted by atomic mass is 10.1. The molecule has 0 aliphatic carbocycles. The molecule has 3 aromatic rings. The van der Waals surface area contributed by atoms with Crippen LogP contribution in [0.5, 0.6) is 0 Å². The van der Waals surface area contributed by atoms with Gasteiger partial charge in [-0.1, -0.05) is 17.4 Å². The summed E-state index contributed by atoms with van der Waals surface area (Å²) in [5.41, 5.74) is 4.33. The molecule has 24 heavy (non-hydrogen) atoms. The van der Waals surface area contributed by atoms with Crippen molar-refractivity contribution >= 4 is 44.2 Å². The van der Waals surface area contributed by atoms with Gasteiger partial charge in [0.05, 0.1) is 10.2 Å². The monoisotopic (exact) mass is 339 g/mol. The molecule has 1 heterocycles. The van der Waals surface area contributed by atoms with Gasteiger partial charge in [-0.3, -0.25) is 14.9 Å². The quantitative estimate of drug-likeness (QED) is 0.754. The molecule has 0 atom stereocenters. The topological polar surface area (TPSA) is 71.1 Å². The van der Waals surface area contributed by atoms with E-state index in [2.05, 4.69) is 15.6 Å². The molecule has 0 saturated carbocycles. The van der Waals surface area contributed by atoms with E-state index in [1.807, 2.05) is 38.1 Å². The number of rotatable bonds is 3. The molecule has 3 rings (SSSR count). The van der Waals surface area contributed by atoms with Gasteiger partial charge < -0.3 is 5.32 Å². The summed E-state index contributed by atoms with van der Waals surface area (Å²) in [7, 11) is 0. The van der Waals surface area contributed by atoms with Gasteiger partial charge in [-0.25, -0.2) is 4.98 Å². The van der Waals surface area contributed by atoms with Crippen LogP contribution in [0.2, 0.25) is 0 Å². The van der Waals surface area contributed by atoms with Crippen LogP contribution in [0.3, 0.4) is 0 Å². The number of carbonyl (C=O) groups is 2. The van der Waals surface area contributed by atoms with E-state index in [1.54, 1.807) is 12.1 Å². The first-order valence-corrected chi connectivity index (χ1v) is 8.31. The number of hydrogen-bond donors (Lipinski definition) is 2. The summed E-state index contributed by atoms with van der Waals surface area (Å²) in [5.74, 6) is -0.304. The maximum Gasteiger partial charge on any atom is 0.257 e. The van der Waals surface area contributed by atoms with Crippen molar-refractivity contribution in [2.45, 2.75) is 20.8 Å². The van der Waals surface area contributed by atoms with E-state index in [4.69, 9.17) is 0 Å². The normalized spacial score (nSPS) is 10.6. The predicted molar refractivity (Wildman–Crippen MR) is 97.8 cm³/mol. The highest BCUT2D eigenvalue weighted by Crippen LogP contribution is 2.28. The molecule has 0 bridgehead atoms. The van der Waals surface area contributed by atoms with Crippen molar-refractivity contribution in [1.82, 2.24) is 4.98 Å². The zero-order chi connectivity index (χ0) is 17.3. The number of fused-ring (bicyclic) bond motifs is 1. The Bertz CT molecular complexity index is 947. The number of anilines is 2. The lowest BCUT2D eigenvalue weighted by molar-refractivity contribution is -0.114. The molecule has 2 amide bonds. The number of carbonyl (C=O) groups excluding carboxylic acids is 2. The Morgan fingerprint density at radius 1 is 1.00 bits per heavy atom. The molecule has 0 spiro atoms. The highest BCUT2D eigenvalue weighted by molar-refractivity contribution is 7.22.